The monoisotopic (exact) mass is 287 g/mol. The van der Waals surface area contributed by atoms with Gasteiger partial charge in [-0.1, -0.05) is 12.1 Å². The van der Waals surface area contributed by atoms with Gasteiger partial charge in [0.25, 0.3) is 0 Å². The zero-order valence-electron chi connectivity index (χ0n) is 10.7. The summed E-state index contributed by atoms with van der Waals surface area (Å²) in [5.41, 5.74) is -1.28. The largest absolute Gasteiger partial charge is 0.469 e. The summed E-state index contributed by atoms with van der Waals surface area (Å²) in [4.78, 5) is 0. The fourth-order valence-corrected chi connectivity index (χ4v) is 2.04. The molecule has 2 nitrogen and oxygen atoms in total. The van der Waals surface area contributed by atoms with Crippen LogP contribution in [0, 0.1) is 5.82 Å². The van der Waals surface area contributed by atoms with Gasteiger partial charge in [-0.3, -0.25) is 0 Å². The third kappa shape index (κ3) is 3.01. The van der Waals surface area contributed by atoms with Crippen molar-refractivity contribution in [2.24, 2.45) is 0 Å². The van der Waals surface area contributed by atoms with Gasteiger partial charge < -0.3 is 9.73 Å². The van der Waals surface area contributed by atoms with Crippen molar-refractivity contribution in [1.29, 1.82) is 0 Å². The first-order valence-corrected chi connectivity index (χ1v) is 5.98. The lowest BCUT2D eigenvalue weighted by Crippen LogP contribution is -2.21. The third-order valence-electron chi connectivity index (χ3n) is 3.04. The van der Waals surface area contributed by atoms with Crippen LogP contribution in [0.4, 0.5) is 17.6 Å². The lowest BCUT2D eigenvalue weighted by atomic mass is 9.99. The highest BCUT2D eigenvalue weighted by atomic mass is 19.4. The summed E-state index contributed by atoms with van der Waals surface area (Å²) in [6.07, 6.45) is -2.98. The lowest BCUT2D eigenvalue weighted by Gasteiger charge is -2.18. The van der Waals surface area contributed by atoms with Gasteiger partial charge >= 0.3 is 6.18 Å². The first-order chi connectivity index (χ1) is 9.43. The Bertz CT molecular complexity index is 563. The average molecular weight is 287 g/mol. The van der Waals surface area contributed by atoms with Crippen molar-refractivity contribution in [1.82, 2.24) is 5.32 Å². The van der Waals surface area contributed by atoms with Crippen LogP contribution in [-0.4, -0.2) is 7.05 Å². The topological polar surface area (TPSA) is 25.2 Å². The van der Waals surface area contributed by atoms with Gasteiger partial charge in [0.15, 0.2) is 0 Å². The maximum absolute atomic E-state index is 14.0. The van der Waals surface area contributed by atoms with Crippen LogP contribution in [0.2, 0.25) is 0 Å². The Kier molecular flexibility index (Phi) is 4.13. The summed E-state index contributed by atoms with van der Waals surface area (Å²) < 4.78 is 57.3. The number of rotatable bonds is 4. The van der Waals surface area contributed by atoms with E-state index in [9.17, 15) is 17.6 Å². The van der Waals surface area contributed by atoms with Crippen LogP contribution in [-0.2, 0) is 12.6 Å². The number of benzene rings is 1. The second-order valence-corrected chi connectivity index (χ2v) is 4.33. The molecule has 0 aliphatic rings. The van der Waals surface area contributed by atoms with E-state index in [4.69, 9.17) is 4.42 Å². The van der Waals surface area contributed by atoms with E-state index in [1.54, 1.807) is 19.2 Å². The molecule has 1 atom stereocenters. The van der Waals surface area contributed by atoms with Gasteiger partial charge in [0.1, 0.15) is 11.6 Å². The predicted octanol–water partition coefficient (Wildman–Crippen LogP) is 3.94. The predicted molar refractivity (Wildman–Crippen MR) is 65.6 cm³/mol. The van der Waals surface area contributed by atoms with Crippen molar-refractivity contribution in [3.8, 4) is 0 Å². The molecule has 1 unspecified atom stereocenters. The minimum atomic E-state index is -4.71. The van der Waals surface area contributed by atoms with E-state index in [-0.39, 0.29) is 12.0 Å². The molecule has 0 aliphatic heterocycles. The second kappa shape index (κ2) is 5.66. The van der Waals surface area contributed by atoms with Crippen LogP contribution in [0.5, 0.6) is 0 Å². The number of likely N-dealkylation sites (N-methyl/N-ethyl adjacent to an activating group) is 1. The number of halogens is 4. The van der Waals surface area contributed by atoms with Gasteiger partial charge in [-0.15, -0.1) is 0 Å². The van der Waals surface area contributed by atoms with Gasteiger partial charge in [0.2, 0.25) is 0 Å². The molecular weight excluding hydrogens is 274 g/mol. The van der Waals surface area contributed by atoms with Crippen LogP contribution in [0.15, 0.2) is 41.0 Å². The molecule has 0 amide bonds. The summed E-state index contributed by atoms with van der Waals surface area (Å²) >= 11 is 0. The van der Waals surface area contributed by atoms with Crippen LogP contribution in [0.3, 0.4) is 0 Å². The zero-order chi connectivity index (χ0) is 14.8. The Labute approximate surface area is 113 Å². The highest BCUT2D eigenvalue weighted by Crippen LogP contribution is 2.34. The van der Waals surface area contributed by atoms with E-state index < -0.39 is 23.6 Å². The molecule has 6 heteroatoms. The van der Waals surface area contributed by atoms with Gasteiger partial charge in [-0.05, 0) is 25.2 Å². The Morgan fingerprint density at radius 1 is 1.20 bits per heavy atom. The maximum atomic E-state index is 14.0. The average Bonchev–Trinajstić information content (AvgIpc) is 2.88. The van der Waals surface area contributed by atoms with Gasteiger partial charge in [-0.25, -0.2) is 4.39 Å². The molecular formula is C14H13F4NO. The summed E-state index contributed by atoms with van der Waals surface area (Å²) in [5, 5.41) is 2.81. The Hall–Kier alpha value is -1.82. The Balaban J connectivity index is 2.35. The maximum Gasteiger partial charge on any atom is 0.419 e. The minimum Gasteiger partial charge on any atom is -0.469 e. The van der Waals surface area contributed by atoms with Crippen molar-refractivity contribution >= 4 is 0 Å². The molecule has 2 aromatic rings. The second-order valence-electron chi connectivity index (χ2n) is 4.33. The molecule has 108 valence electrons. The number of hydrogen-bond donors (Lipinski definition) is 1. The number of furan rings is 1. The van der Waals surface area contributed by atoms with E-state index in [2.05, 4.69) is 5.32 Å². The first kappa shape index (κ1) is 14.6. The van der Waals surface area contributed by atoms with E-state index in [1.807, 2.05) is 0 Å². The number of nitrogens with one attached hydrogen (secondary N) is 1. The highest BCUT2D eigenvalue weighted by Gasteiger charge is 2.35. The van der Waals surface area contributed by atoms with Crippen molar-refractivity contribution < 1.29 is 22.0 Å². The SMILES string of the molecule is CNC(Cc1ccco1)c1cccc(C(F)(F)F)c1F. The van der Waals surface area contributed by atoms with Crippen LogP contribution in [0.1, 0.15) is 22.9 Å². The van der Waals surface area contributed by atoms with E-state index >= 15 is 0 Å². The van der Waals surface area contributed by atoms with E-state index in [1.165, 1.54) is 18.4 Å². The fourth-order valence-electron chi connectivity index (χ4n) is 2.04. The molecule has 1 N–H and O–H groups in total. The molecule has 0 bridgehead atoms. The van der Waals surface area contributed by atoms with E-state index in [0.717, 1.165) is 6.07 Å². The quantitative estimate of drug-likeness (QED) is 0.862. The summed E-state index contributed by atoms with van der Waals surface area (Å²) in [5.74, 6) is -0.674. The van der Waals surface area contributed by atoms with Crippen molar-refractivity contribution in [3.05, 3.63) is 59.3 Å². The molecule has 0 fully saturated rings. The van der Waals surface area contributed by atoms with E-state index in [0.29, 0.717) is 5.76 Å². The standard InChI is InChI=1S/C14H13F4NO/c1-19-12(8-9-4-3-7-20-9)10-5-2-6-11(13(10)15)14(16,17)18/h2-7,12,19H,8H2,1H3. The lowest BCUT2D eigenvalue weighted by molar-refractivity contribution is -0.140. The molecule has 1 heterocycles. The molecule has 0 saturated heterocycles. The Morgan fingerprint density at radius 3 is 2.50 bits per heavy atom. The Morgan fingerprint density at radius 2 is 1.95 bits per heavy atom. The number of hydrogen-bond acceptors (Lipinski definition) is 2. The van der Waals surface area contributed by atoms with Gasteiger partial charge in [0, 0.05) is 18.0 Å². The molecule has 0 spiro atoms. The first-order valence-electron chi connectivity index (χ1n) is 5.98. The number of alkyl halides is 3. The zero-order valence-corrected chi connectivity index (χ0v) is 10.7. The van der Waals surface area contributed by atoms with Crippen LogP contribution in [0.25, 0.3) is 0 Å². The van der Waals surface area contributed by atoms with Crippen molar-refractivity contribution in [3.63, 3.8) is 0 Å². The molecule has 1 aromatic carbocycles. The summed E-state index contributed by atoms with van der Waals surface area (Å²) in [7, 11) is 1.56. The molecule has 0 radical (unpaired) electrons. The van der Waals surface area contributed by atoms with Gasteiger partial charge in [-0.2, -0.15) is 13.2 Å². The smallest absolute Gasteiger partial charge is 0.419 e. The van der Waals surface area contributed by atoms with Crippen LogP contribution < -0.4 is 5.32 Å². The summed E-state index contributed by atoms with van der Waals surface area (Å²) in [6, 6.07) is 6.05. The molecule has 2 rings (SSSR count). The van der Waals surface area contributed by atoms with Crippen molar-refractivity contribution in [2.45, 2.75) is 18.6 Å². The van der Waals surface area contributed by atoms with Gasteiger partial charge in [0.05, 0.1) is 11.8 Å². The molecule has 1 aromatic heterocycles. The normalized spacial score (nSPS) is 13.4. The highest BCUT2D eigenvalue weighted by molar-refractivity contribution is 5.31. The third-order valence-corrected chi connectivity index (χ3v) is 3.04. The van der Waals surface area contributed by atoms with Crippen LogP contribution >= 0.6 is 0 Å². The fraction of sp³-hybridized carbons (Fsp3) is 0.286. The minimum absolute atomic E-state index is 0.0290. The molecule has 0 saturated carbocycles. The molecule has 20 heavy (non-hydrogen) atoms. The molecule has 0 aliphatic carbocycles. The summed E-state index contributed by atoms with van der Waals surface area (Å²) in [6.45, 7) is 0. The van der Waals surface area contributed by atoms with Crippen molar-refractivity contribution in [2.75, 3.05) is 7.05 Å².